The first-order valence-corrected chi connectivity index (χ1v) is 7.94. The molecule has 0 bridgehead atoms. The van der Waals surface area contributed by atoms with Gasteiger partial charge in [0.2, 0.25) is 0 Å². The van der Waals surface area contributed by atoms with Crippen LogP contribution in [-0.2, 0) is 9.53 Å². The van der Waals surface area contributed by atoms with Crippen molar-refractivity contribution in [2.24, 2.45) is 17.3 Å². The summed E-state index contributed by atoms with van der Waals surface area (Å²) >= 11 is 1.85. The van der Waals surface area contributed by atoms with Gasteiger partial charge in [0.25, 0.3) is 0 Å². The molecular weight excluding hydrogens is 232 g/mol. The van der Waals surface area contributed by atoms with Gasteiger partial charge in [-0.25, -0.2) is 0 Å². The van der Waals surface area contributed by atoms with Gasteiger partial charge >= 0.3 is 0 Å². The van der Waals surface area contributed by atoms with Crippen LogP contribution in [0.15, 0.2) is 0 Å². The van der Waals surface area contributed by atoms with Crippen molar-refractivity contribution >= 4 is 17.5 Å². The van der Waals surface area contributed by atoms with Gasteiger partial charge in [-0.15, -0.1) is 0 Å². The molecule has 2 nitrogen and oxygen atoms in total. The molecule has 0 aromatic heterocycles. The van der Waals surface area contributed by atoms with Crippen molar-refractivity contribution in [2.45, 2.75) is 40.0 Å². The van der Waals surface area contributed by atoms with E-state index in [1.165, 1.54) is 6.42 Å². The predicted octanol–water partition coefficient (Wildman–Crippen LogP) is 3.40. The first-order chi connectivity index (χ1) is 7.95. The molecule has 0 saturated carbocycles. The first kappa shape index (κ1) is 15.0. The van der Waals surface area contributed by atoms with Crippen molar-refractivity contribution in [1.82, 2.24) is 0 Å². The molecule has 3 heteroatoms. The lowest BCUT2D eigenvalue weighted by Crippen LogP contribution is -2.31. The van der Waals surface area contributed by atoms with Crippen molar-refractivity contribution in [1.29, 1.82) is 0 Å². The molecule has 0 radical (unpaired) electrons. The molecule has 0 N–H and O–H groups in total. The van der Waals surface area contributed by atoms with Gasteiger partial charge in [0.15, 0.2) is 0 Å². The monoisotopic (exact) mass is 258 g/mol. The van der Waals surface area contributed by atoms with E-state index >= 15 is 0 Å². The Morgan fingerprint density at radius 1 is 1.47 bits per heavy atom. The summed E-state index contributed by atoms with van der Waals surface area (Å²) in [6.45, 7) is 7.80. The zero-order valence-corrected chi connectivity index (χ0v) is 12.4. The molecule has 0 aliphatic carbocycles. The minimum atomic E-state index is -0.202. The Balaban J connectivity index is 2.55. The van der Waals surface area contributed by atoms with E-state index in [-0.39, 0.29) is 5.41 Å². The number of ether oxygens (including phenoxy) is 1. The number of hydrogen-bond donors (Lipinski definition) is 0. The van der Waals surface area contributed by atoms with E-state index in [2.05, 4.69) is 6.26 Å². The van der Waals surface area contributed by atoms with Crippen LogP contribution >= 0.6 is 11.8 Å². The first-order valence-electron chi connectivity index (χ1n) is 6.55. The highest BCUT2D eigenvalue weighted by Gasteiger charge is 2.30. The van der Waals surface area contributed by atoms with E-state index in [0.717, 1.165) is 31.8 Å². The summed E-state index contributed by atoms with van der Waals surface area (Å²) in [7, 11) is 0. The van der Waals surface area contributed by atoms with Gasteiger partial charge in [0, 0.05) is 25.0 Å². The van der Waals surface area contributed by atoms with E-state index < -0.39 is 0 Å². The van der Waals surface area contributed by atoms with Gasteiger partial charge in [-0.1, -0.05) is 20.8 Å². The van der Waals surface area contributed by atoms with Crippen LogP contribution in [0.25, 0.3) is 0 Å². The molecule has 1 fully saturated rings. The van der Waals surface area contributed by atoms with Gasteiger partial charge in [-0.3, -0.25) is 4.79 Å². The molecule has 1 heterocycles. The smallest absolute Gasteiger partial charge is 0.138 e. The second kappa shape index (κ2) is 6.79. The maximum Gasteiger partial charge on any atom is 0.138 e. The highest BCUT2D eigenvalue weighted by atomic mass is 32.2. The van der Waals surface area contributed by atoms with Crippen LogP contribution < -0.4 is 0 Å². The Labute approximate surface area is 110 Å². The van der Waals surface area contributed by atoms with E-state index in [0.29, 0.717) is 17.6 Å². The Morgan fingerprint density at radius 3 is 2.65 bits per heavy atom. The Kier molecular flexibility index (Phi) is 6.01. The second-order valence-electron chi connectivity index (χ2n) is 6.07. The Bertz CT molecular complexity index is 239. The SMILES string of the molecule is CSCC(CC(=O)C(C)(C)C)C1CCCOC1. The highest BCUT2D eigenvalue weighted by molar-refractivity contribution is 7.98. The number of rotatable bonds is 5. The molecule has 0 aromatic rings. The minimum Gasteiger partial charge on any atom is -0.381 e. The molecule has 17 heavy (non-hydrogen) atoms. The molecule has 1 aliphatic heterocycles. The summed E-state index contributed by atoms with van der Waals surface area (Å²) in [5.74, 6) is 2.55. The molecule has 100 valence electrons. The summed E-state index contributed by atoms with van der Waals surface area (Å²) < 4.78 is 5.56. The van der Waals surface area contributed by atoms with Crippen LogP contribution in [-0.4, -0.2) is 31.0 Å². The van der Waals surface area contributed by atoms with E-state index in [4.69, 9.17) is 4.74 Å². The quantitative estimate of drug-likeness (QED) is 0.756. The Hall–Kier alpha value is -0.0200. The predicted molar refractivity (Wildman–Crippen MR) is 74.5 cm³/mol. The molecule has 2 atom stereocenters. The number of thioether (sulfide) groups is 1. The summed E-state index contributed by atoms with van der Waals surface area (Å²) in [5.41, 5.74) is -0.202. The van der Waals surface area contributed by atoms with E-state index in [1.54, 1.807) is 0 Å². The molecule has 1 rings (SSSR count). The average Bonchev–Trinajstić information content (AvgIpc) is 2.28. The molecule has 2 unspecified atom stereocenters. The maximum absolute atomic E-state index is 12.1. The topological polar surface area (TPSA) is 26.3 Å². The summed E-state index contributed by atoms with van der Waals surface area (Å²) in [5, 5.41) is 0. The van der Waals surface area contributed by atoms with E-state index in [1.807, 2.05) is 32.5 Å². The average molecular weight is 258 g/mol. The van der Waals surface area contributed by atoms with Crippen molar-refractivity contribution < 1.29 is 9.53 Å². The highest BCUT2D eigenvalue weighted by Crippen LogP contribution is 2.30. The minimum absolute atomic E-state index is 0.202. The fraction of sp³-hybridized carbons (Fsp3) is 0.929. The van der Waals surface area contributed by atoms with Crippen molar-refractivity contribution in [2.75, 3.05) is 25.2 Å². The largest absolute Gasteiger partial charge is 0.381 e. The third-order valence-electron chi connectivity index (χ3n) is 3.53. The van der Waals surface area contributed by atoms with Crippen LogP contribution in [0.1, 0.15) is 40.0 Å². The summed E-state index contributed by atoms with van der Waals surface area (Å²) in [6, 6.07) is 0. The van der Waals surface area contributed by atoms with Gasteiger partial charge in [-0.2, -0.15) is 11.8 Å². The van der Waals surface area contributed by atoms with Crippen LogP contribution in [0, 0.1) is 17.3 Å². The second-order valence-corrected chi connectivity index (χ2v) is 6.98. The zero-order chi connectivity index (χ0) is 12.9. The fourth-order valence-electron chi connectivity index (χ4n) is 2.26. The van der Waals surface area contributed by atoms with E-state index in [9.17, 15) is 4.79 Å². The van der Waals surface area contributed by atoms with Crippen LogP contribution in [0.4, 0.5) is 0 Å². The van der Waals surface area contributed by atoms with Crippen molar-refractivity contribution in [3.05, 3.63) is 0 Å². The zero-order valence-electron chi connectivity index (χ0n) is 11.6. The number of ketones is 1. The molecule has 0 aromatic carbocycles. The fourth-order valence-corrected chi connectivity index (χ4v) is 3.08. The van der Waals surface area contributed by atoms with Gasteiger partial charge < -0.3 is 4.74 Å². The number of Topliss-reactive ketones (excluding diaryl/α,β-unsaturated/α-hetero) is 1. The number of carbonyl (C=O) groups is 1. The van der Waals surface area contributed by atoms with Crippen LogP contribution in [0.3, 0.4) is 0 Å². The standard InChI is InChI=1S/C14H26O2S/c1-14(2,3)13(15)8-12(10-17-4)11-6-5-7-16-9-11/h11-12H,5-10H2,1-4H3. The van der Waals surface area contributed by atoms with Crippen molar-refractivity contribution in [3.63, 3.8) is 0 Å². The summed E-state index contributed by atoms with van der Waals surface area (Å²) in [4.78, 5) is 12.1. The van der Waals surface area contributed by atoms with Gasteiger partial charge in [0.1, 0.15) is 5.78 Å². The van der Waals surface area contributed by atoms with Gasteiger partial charge in [-0.05, 0) is 36.7 Å². The van der Waals surface area contributed by atoms with Crippen LogP contribution in [0.2, 0.25) is 0 Å². The Morgan fingerprint density at radius 2 is 2.18 bits per heavy atom. The molecule has 0 amide bonds. The molecule has 0 spiro atoms. The van der Waals surface area contributed by atoms with Crippen LogP contribution in [0.5, 0.6) is 0 Å². The normalized spacial score (nSPS) is 23.4. The lowest BCUT2D eigenvalue weighted by Gasteiger charge is -2.31. The molecule has 1 aliphatic rings. The van der Waals surface area contributed by atoms with Gasteiger partial charge in [0.05, 0.1) is 0 Å². The maximum atomic E-state index is 12.1. The molecular formula is C14H26O2S. The third kappa shape index (κ3) is 5.01. The number of hydrogen-bond acceptors (Lipinski definition) is 3. The molecule has 1 saturated heterocycles. The third-order valence-corrected chi connectivity index (χ3v) is 4.29. The van der Waals surface area contributed by atoms with Crippen molar-refractivity contribution in [3.8, 4) is 0 Å². The lowest BCUT2D eigenvalue weighted by molar-refractivity contribution is -0.127. The lowest BCUT2D eigenvalue weighted by atomic mass is 9.80. The summed E-state index contributed by atoms with van der Waals surface area (Å²) in [6.07, 6.45) is 5.22. The number of carbonyl (C=O) groups excluding carboxylic acids is 1.